The number of likely N-dealkylation sites (N-methyl/N-ethyl adjacent to an activating group) is 1. The van der Waals surface area contributed by atoms with Crippen LogP contribution in [0.3, 0.4) is 0 Å². The Morgan fingerprint density at radius 2 is 2.07 bits per heavy atom. The number of aromatic nitrogens is 2. The molecule has 3 aliphatic heterocycles. The van der Waals surface area contributed by atoms with Crippen LogP contribution in [0.4, 0.5) is 0 Å². The summed E-state index contributed by atoms with van der Waals surface area (Å²) in [5.74, 6) is 0. The third kappa shape index (κ3) is 1.58. The Balaban J connectivity index is 1.66. The molecule has 1 aromatic heterocycles. The van der Waals surface area contributed by atoms with Gasteiger partial charge in [-0.1, -0.05) is 0 Å². The van der Waals surface area contributed by atoms with Gasteiger partial charge in [-0.25, -0.2) is 4.98 Å². The first-order chi connectivity index (χ1) is 7.22. The van der Waals surface area contributed by atoms with Crippen molar-refractivity contribution in [2.45, 2.75) is 25.0 Å². The fourth-order valence-electron chi connectivity index (χ4n) is 2.89. The minimum absolute atomic E-state index is 0.774. The molecule has 4 heterocycles. The molecule has 0 spiro atoms. The van der Waals surface area contributed by atoms with Crippen LogP contribution in [0, 0.1) is 0 Å². The van der Waals surface area contributed by atoms with E-state index in [1.54, 1.807) is 0 Å². The van der Waals surface area contributed by atoms with Gasteiger partial charge in [-0.05, 0) is 13.5 Å². The quantitative estimate of drug-likeness (QED) is 0.696. The van der Waals surface area contributed by atoms with E-state index in [0.29, 0.717) is 0 Å². The van der Waals surface area contributed by atoms with Crippen LogP contribution in [0.2, 0.25) is 0 Å². The molecule has 4 heteroatoms. The van der Waals surface area contributed by atoms with E-state index in [-0.39, 0.29) is 0 Å². The average Bonchev–Trinajstić information content (AvgIpc) is 2.60. The Bertz CT molecular complexity index is 347. The Hall–Kier alpha value is -0.870. The molecule has 3 fully saturated rings. The summed E-state index contributed by atoms with van der Waals surface area (Å²) in [6, 6.07) is 1.55. The van der Waals surface area contributed by atoms with Crippen LogP contribution in [-0.4, -0.2) is 51.6 Å². The highest BCUT2D eigenvalue weighted by molar-refractivity contribution is 5.05. The van der Waals surface area contributed by atoms with Gasteiger partial charge in [0.2, 0.25) is 0 Å². The fourth-order valence-corrected chi connectivity index (χ4v) is 2.89. The first-order valence-electron chi connectivity index (χ1n) is 5.63. The Morgan fingerprint density at radius 1 is 1.33 bits per heavy atom. The molecule has 82 valence electrons. The molecular weight excluding hydrogens is 188 g/mol. The van der Waals surface area contributed by atoms with E-state index in [0.717, 1.165) is 18.6 Å². The molecule has 0 aromatic carbocycles. The number of nitrogens with zero attached hydrogens (tertiary/aromatic N) is 4. The van der Waals surface area contributed by atoms with Crippen molar-refractivity contribution in [3.05, 3.63) is 18.2 Å². The summed E-state index contributed by atoms with van der Waals surface area (Å²) in [7, 11) is 4.25. The van der Waals surface area contributed by atoms with E-state index in [9.17, 15) is 0 Å². The zero-order chi connectivity index (χ0) is 10.4. The Morgan fingerprint density at radius 3 is 2.67 bits per heavy atom. The van der Waals surface area contributed by atoms with Crippen LogP contribution >= 0.6 is 0 Å². The number of aryl methyl sites for hydroxylation is 1. The topological polar surface area (TPSA) is 24.3 Å². The molecule has 1 aromatic rings. The van der Waals surface area contributed by atoms with Crippen molar-refractivity contribution in [2.75, 3.05) is 20.1 Å². The molecule has 2 bridgehead atoms. The minimum atomic E-state index is 0.774. The Kier molecular flexibility index (Phi) is 2.07. The lowest BCUT2D eigenvalue weighted by Crippen LogP contribution is -2.67. The van der Waals surface area contributed by atoms with Crippen molar-refractivity contribution < 1.29 is 0 Å². The summed E-state index contributed by atoms with van der Waals surface area (Å²) in [4.78, 5) is 9.43. The van der Waals surface area contributed by atoms with Gasteiger partial charge in [-0.3, -0.25) is 4.90 Å². The summed E-state index contributed by atoms with van der Waals surface area (Å²) in [5.41, 5.74) is 1.21. The zero-order valence-electron chi connectivity index (χ0n) is 9.43. The second-order valence-electron chi connectivity index (χ2n) is 4.97. The number of imidazole rings is 1. The molecule has 0 aliphatic carbocycles. The fraction of sp³-hybridized carbons (Fsp3) is 0.727. The highest BCUT2D eigenvalue weighted by Crippen LogP contribution is 2.32. The number of fused-ring (bicyclic) bond motifs is 2. The van der Waals surface area contributed by atoms with E-state index < -0.39 is 0 Å². The third-order valence-electron chi connectivity index (χ3n) is 3.63. The minimum Gasteiger partial charge on any atom is -0.340 e. The van der Waals surface area contributed by atoms with Gasteiger partial charge < -0.3 is 9.47 Å². The molecule has 0 radical (unpaired) electrons. The Labute approximate surface area is 90.5 Å². The van der Waals surface area contributed by atoms with E-state index in [4.69, 9.17) is 0 Å². The van der Waals surface area contributed by atoms with E-state index >= 15 is 0 Å². The SMILES string of the molecule is CN1CC2CC(C1)N2Cc1cn(C)cn1. The largest absolute Gasteiger partial charge is 0.340 e. The van der Waals surface area contributed by atoms with Crippen LogP contribution in [-0.2, 0) is 13.6 Å². The zero-order valence-corrected chi connectivity index (χ0v) is 9.43. The molecule has 0 saturated carbocycles. The maximum absolute atomic E-state index is 4.39. The second kappa shape index (κ2) is 3.32. The molecule has 4 rings (SSSR count). The lowest BCUT2D eigenvalue weighted by Gasteiger charge is -2.55. The molecule has 4 nitrogen and oxygen atoms in total. The molecular formula is C11H18N4. The lowest BCUT2D eigenvalue weighted by molar-refractivity contribution is -0.0674. The van der Waals surface area contributed by atoms with Crippen LogP contribution in [0.5, 0.6) is 0 Å². The van der Waals surface area contributed by atoms with Crippen LogP contribution in [0.1, 0.15) is 12.1 Å². The molecule has 15 heavy (non-hydrogen) atoms. The molecule has 2 atom stereocenters. The van der Waals surface area contributed by atoms with Crippen molar-refractivity contribution in [1.29, 1.82) is 0 Å². The molecule has 3 aliphatic rings. The van der Waals surface area contributed by atoms with Gasteiger partial charge in [-0.15, -0.1) is 0 Å². The van der Waals surface area contributed by atoms with Gasteiger partial charge >= 0.3 is 0 Å². The summed E-state index contributed by atoms with van der Waals surface area (Å²) >= 11 is 0. The standard InChI is InChI=1S/C11H18N4/c1-13-6-10-3-11(7-13)15(10)5-9-4-14(2)8-12-9/h4,8,10-11H,3,5-7H2,1-2H3. The highest BCUT2D eigenvalue weighted by atomic mass is 15.3. The van der Waals surface area contributed by atoms with Crippen LogP contribution < -0.4 is 0 Å². The van der Waals surface area contributed by atoms with Gasteiger partial charge in [0.15, 0.2) is 0 Å². The van der Waals surface area contributed by atoms with Gasteiger partial charge in [0, 0.05) is 45.0 Å². The number of rotatable bonds is 2. The summed E-state index contributed by atoms with van der Waals surface area (Å²) in [6.45, 7) is 3.48. The molecule has 0 N–H and O–H groups in total. The summed E-state index contributed by atoms with van der Waals surface area (Å²) in [6.07, 6.45) is 5.39. The van der Waals surface area contributed by atoms with Crippen molar-refractivity contribution in [1.82, 2.24) is 19.4 Å². The smallest absolute Gasteiger partial charge is 0.0947 e. The van der Waals surface area contributed by atoms with E-state index in [2.05, 4.69) is 28.0 Å². The maximum Gasteiger partial charge on any atom is 0.0947 e. The van der Waals surface area contributed by atoms with Crippen molar-refractivity contribution in [2.24, 2.45) is 7.05 Å². The number of hydrogen-bond donors (Lipinski definition) is 0. The monoisotopic (exact) mass is 206 g/mol. The van der Waals surface area contributed by atoms with E-state index in [1.807, 2.05) is 17.9 Å². The van der Waals surface area contributed by atoms with Crippen LogP contribution in [0.25, 0.3) is 0 Å². The second-order valence-corrected chi connectivity index (χ2v) is 4.97. The predicted octanol–water partition coefficient (Wildman–Crippen LogP) is 0.308. The third-order valence-corrected chi connectivity index (χ3v) is 3.63. The lowest BCUT2D eigenvalue weighted by atomic mass is 9.87. The first-order valence-corrected chi connectivity index (χ1v) is 5.63. The van der Waals surface area contributed by atoms with Gasteiger partial charge in [0.1, 0.15) is 0 Å². The molecule has 0 amide bonds. The van der Waals surface area contributed by atoms with Crippen LogP contribution in [0.15, 0.2) is 12.5 Å². The average molecular weight is 206 g/mol. The molecule has 3 saturated heterocycles. The van der Waals surface area contributed by atoms with Crippen molar-refractivity contribution in [3.63, 3.8) is 0 Å². The van der Waals surface area contributed by atoms with Gasteiger partial charge in [0.25, 0.3) is 0 Å². The maximum atomic E-state index is 4.39. The van der Waals surface area contributed by atoms with Gasteiger partial charge in [0.05, 0.1) is 12.0 Å². The van der Waals surface area contributed by atoms with Crippen molar-refractivity contribution in [3.8, 4) is 0 Å². The highest BCUT2D eigenvalue weighted by Gasteiger charge is 2.43. The summed E-state index contributed by atoms with van der Waals surface area (Å²) in [5, 5.41) is 0. The number of piperidine rings is 1. The van der Waals surface area contributed by atoms with Gasteiger partial charge in [-0.2, -0.15) is 0 Å². The molecule has 2 unspecified atom stereocenters. The number of piperazine rings is 1. The first kappa shape index (κ1) is 9.36. The normalized spacial score (nSPS) is 31.6. The summed E-state index contributed by atoms with van der Waals surface area (Å²) < 4.78 is 2.02. The van der Waals surface area contributed by atoms with Crippen molar-refractivity contribution >= 4 is 0 Å². The number of hydrogen-bond acceptors (Lipinski definition) is 3. The van der Waals surface area contributed by atoms with E-state index in [1.165, 1.54) is 25.2 Å². The predicted molar refractivity (Wildman–Crippen MR) is 58.4 cm³/mol.